The van der Waals surface area contributed by atoms with E-state index in [0.29, 0.717) is 12.2 Å². The van der Waals surface area contributed by atoms with Crippen LogP contribution in [0.3, 0.4) is 0 Å². The van der Waals surface area contributed by atoms with Gasteiger partial charge in [0.2, 0.25) is 0 Å². The van der Waals surface area contributed by atoms with E-state index in [1.165, 1.54) is 0 Å². The van der Waals surface area contributed by atoms with Crippen molar-refractivity contribution < 1.29 is 14.3 Å². The highest BCUT2D eigenvalue weighted by molar-refractivity contribution is 5.86. The molecule has 1 unspecified atom stereocenters. The Bertz CT molecular complexity index is 800. The Hall–Kier alpha value is -3.08. The van der Waals surface area contributed by atoms with Crippen molar-refractivity contribution in [3.05, 3.63) is 72.1 Å². The van der Waals surface area contributed by atoms with Crippen molar-refractivity contribution in [3.63, 3.8) is 0 Å². The second-order valence-corrected chi connectivity index (χ2v) is 5.52. The van der Waals surface area contributed by atoms with E-state index < -0.39 is 0 Å². The molecule has 1 heterocycles. The van der Waals surface area contributed by atoms with Gasteiger partial charge < -0.3 is 14.4 Å². The Morgan fingerprint density at radius 3 is 2.56 bits per heavy atom. The van der Waals surface area contributed by atoms with Gasteiger partial charge >= 0.3 is 5.97 Å². The van der Waals surface area contributed by atoms with Crippen LogP contribution in [0.5, 0.6) is 5.75 Å². The molecule has 3 rings (SSSR count). The molecule has 0 radical (unpaired) electrons. The molecule has 25 heavy (non-hydrogen) atoms. The van der Waals surface area contributed by atoms with Crippen molar-refractivity contribution in [1.29, 1.82) is 0 Å². The molecule has 1 atom stereocenters. The van der Waals surface area contributed by atoms with Crippen LogP contribution in [0, 0.1) is 0 Å². The number of hydrogen-bond acceptors (Lipinski definition) is 5. The van der Waals surface area contributed by atoms with Gasteiger partial charge in [0, 0.05) is 6.42 Å². The predicted molar refractivity (Wildman–Crippen MR) is 97.6 cm³/mol. The number of hydrogen-bond donors (Lipinski definition) is 0. The first-order valence-electron chi connectivity index (χ1n) is 8.15. The van der Waals surface area contributed by atoms with Crippen LogP contribution >= 0.6 is 0 Å². The van der Waals surface area contributed by atoms with Crippen LogP contribution in [-0.4, -0.2) is 19.4 Å². The van der Waals surface area contributed by atoms with Crippen LogP contribution in [0.1, 0.15) is 24.9 Å². The molecule has 0 aliphatic carbocycles. The van der Waals surface area contributed by atoms with Gasteiger partial charge in [-0.25, -0.2) is 4.99 Å². The molecule has 2 aromatic carbocycles. The third-order valence-corrected chi connectivity index (χ3v) is 3.94. The summed E-state index contributed by atoms with van der Waals surface area (Å²) in [5, 5.41) is 0. The minimum atomic E-state index is -0.300. The van der Waals surface area contributed by atoms with Gasteiger partial charge in [-0.05, 0) is 17.7 Å². The van der Waals surface area contributed by atoms with Crippen molar-refractivity contribution >= 4 is 18.0 Å². The van der Waals surface area contributed by atoms with Gasteiger partial charge in [-0.2, -0.15) is 0 Å². The lowest BCUT2D eigenvalue weighted by Gasteiger charge is -2.33. The van der Waals surface area contributed by atoms with Gasteiger partial charge in [-0.15, -0.1) is 0 Å². The molecule has 1 aliphatic rings. The van der Waals surface area contributed by atoms with Gasteiger partial charge in [0.1, 0.15) is 11.8 Å². The minimum Gasteiger partial charge on any atom is -0.495 e. The van der Waals surface area contributed by atoms with E-state index in [-0.39, 0.29) is 12.0 Å². The number of nitrogens with zero attached hydrogens (tertiary/aromatic N) is 2. The lowest BCUT2D eigenvalue weighted by atomic mass is 10.0. The number of para-hydroxylation sites is 2. The molecule has 5 heteroatoms. The highest BCUT2D eigenvalue weighted by atomic mass is 16.5. The first-order valence-corrected chi connectivity index (χ1v) is 8.15. The van der Waals surface area contributed by atoms with Gasteiger partial charge in [0.15, 0.2) is 5.76 Å². The predicted octanol–water partition coefficient (Wildman–Crippen LogP) is 4.08. The molecule has 128 valence electrons. The smallest absolute Gasteiger partial charge is 0.310 e. The number of rotatable bonds is 5. The quantitative estimate of drug-likeness (QED) is 0.772. The standard InChI is InChI=1S/C20H20N2O3/c1-3-19(23)25-18-13-21-14-22(16-11-7-8-12-17(16)24-2)20(18)15-9-5-4-6-10-15/h4-14,20H,3H2,1-2H3. The minimum absolute atomic E-state index is 0.288. The van der Waals surface area contributed by atoms with E-state index in [2.05, 4.69) is 4.99 Å². The van der Waals surface area contributed by atoms with Crippen molar-refractivity contribution in [2.75, 3.05) is 12.0 Å². The number of carbonyl (C=O) groups is 1. The van der Waals surface area contributed by atoms with E-state index >= 15 is 0 Å². The normalized spacial score (nSPS) is 16.3. The molecule has 5 nitrogen and oxygen atoms in total. The largest absolute Gasteiger partial charge is 0.495 e. The maximum Gasteiger partial charge on any atom is 0.310 e. The lowest BCUT2D eigenvalue weighted by molar-refractivity contribution is -0.139. The monoisotopic (exact) mass is 336 g/mol. The maximum absolute atomic E-state index is 11.9. The summed E-state index contributed by atoms with van der Waals surface area (Å²) >= 11 is 0. The van der Waals surface area contributed by atoms with Gasteiger partial charge in [-0.1, -0.05) is 49.4 Å². The van der Waals surface area contributed by atoms with Crippen molar-refractivity contribution in [2.24, 2.45) is 4.99 Å². The van der Waals surface area contributed by atoms with Crippen molar-refractivity contribution in [3.8, 4) is 5.75 Å². The molecule has 0 spiro atoms. The topological polar surface area (TPSA) is 51.1 Å². The van der Waals surface area contributed by atoms with Crippen LogP contribution in [-0.2, 0) is 9.53 Å². The second kappa shape index (κ2) is 7.66. The number of ether oxygens (including phenoxy) is 2. The summed E-state index contributed by atoms with van der Waals surface area (Å²) in [6.45, 7) is 1.77. The Morgan fingerprint density at radius 2 is 1.84 bits per heavy atom. The zero-order valence-electron chi connectivity index (χ0n) is 14.3. The molecule has 0 aromatic heterocycles. The van der Waals surface area contributed by atoms with E-state index in [0.717, 1.165) is 17.0 Å². The Balaban J connectivity index is 2.06. The summed E-state index contributed by atoms with van der Waals surface area (Å²) in [7, 11) is 1.63. The fraction of sp³-hybridized carbons (Fsp3) is 0.200. The number of benzene rings is 2. The third-order valence-electron chi connectivity index (χ3n) is 3.94. The van der Waals surface area contributed by atoms with E-state index in [9.17, 15) is 4.79 Å². The van der Waals surface area contributed by atoms with Crippen LogP contribution in [0.25, 0.3) is 0 Å². The molecular formula is C20H20N2O3. The van der Waals surface area contributed by atoms with Gasteiger partial charge in [0.05, 0.1) is 25.3 Å². The summed E-state index contributed by atoms with van der Waals surface area (Å²) in [5.74, 6) is 0.925. The summed E-state index contributed by atoms with van der Waals surface area (Å²) in [5.41, 5.74) is 1.84. The second-order valence-electron chi connectivity index (χ2n) is 5.52. The van der Waals surface area contributed by atoms with Crippen LogP contribution in [0.15, 0.2) is 71.5 Å². The number of carbonyl (C=O) groups excluding carboxylic acids is 1. The zero-order valence-corrected chi connectivity index (χ0v) is 14.3. The first-order chi connectivity index (χ1) is 12.2. The average Bonchev–Trinajstić information content (AvgIpc) is 2.68. The van der Waals surface area contributed by atoms with Crippen molar-refractivity contribution in [1.82, 2.24) is 0 Å². The Morgan fingerprint density at radius 1 is 1.12 bits per heavy atom. The molecule has 0 bridgehead atoms. The van der Waals surface area contributed by atoms with Crippen LogP contribution in [0.4, 0.5) is 5.69 Å². The molecule has 2 aromatic rings. The molecular weight excluding hydrogens is 316 g/mol. The highest BCUT2D eigenvalue weighted by Gasteiger charge is 2.30. The summed E-state index contributed by atoms with van der Waals surface area (Å²) in [6.07, 6.45) is 3.62. The number of esters is 1. The summed E-state index contributed by atoms with van der Waals surface area (Å²) in [6, 6.07) is 17.3. The summed E-state index contributed by atoms with van der Waals surface area (Å²) in [4.78, 5) is 18.1. The highest BCUT2D eigenvalue weighted by Crippen LogP contribution is 2.38. The van der Waals surface area contributed by atoms with Crippen LogP contribution < -0.4 is 9.64 Å². The molecule has 0 saturated heterocycles. The van der Waals surface area contributed by atoms with Crippen LogP contribution in [0.2, 0.25) is 0 Å². The molecule has 0 fully saturated rings. The Kier molecular flexibility index (Phi) is 5.14. The van der Waals surface area contributed by atoms with Gasteiger partial charge in [0.25, 0.3) is 0 Å². The Labute approximate surface area is 147 Å². The molecule has 1 aliphatic heterocycles. The van der Waals surface area contributed by atoms with E-state index in [1.807, 2.05) is 59.5 Å². The fourth-order valence-corrected chi connectivity index (χ4v) is 2.74. The van der Waals surface area contributed by atoms with E-state index in [4.69, 9.17) is 9.47 Å². The first kappa shape index (κ1) is 16.8. The number of anilines is 1. The SMILES string of the molecule is CCC(=O)OC1=CN=CN(c2ccccc2OC)C1c1ccccc1. The molecule has 0 amide bonds. The van der Waals surface area contributed by atoms with Crippen molar-refractivity contribution in [2.45, 2.75) is 19.4 Å². The van der Waals surface area contributed by atoms with Gasteiger partial charge in [-0.3, -0.25) is 4.79 Å². The van der Waals surface area contributed by atoms with E-state index in [1.54, 1.807) is 26.6 Å². The number of methoxy groups -OCH3 is 1. The zero-order chi connectivity index (χ0) is 17.6. The average molecular weight is 336 g/mol. The molecule has 0 N–H and O–H groups in total. The fourth-order valence-electron chi connectivity index (χ4n) is 2.74. The third kappa shape index (κ3) is 3.55. The summed E-state index contributed by atoms with van der Waals surface area (Å²) < 4.78 is 11.0. The number of aliphatic imine (C=N–C) groups is 1. The molecule has 0 saturated carbocycles. The maximum atomic E-state index is 11.9. The lowest BCUT2D eigenvalue weighted by Crippen LogP contribution is -2.32.